The predicted octanol–water partition coefficient (Wildman–Crippen LogP) is 5.51. The SMILES string of the molecule is CC(C)(C)c1ccc2c(c1)OCCCOc1ccc(C(C)(C)C)cc1OCC(CO)CO2. The second-order valence-electron chi connectivity index (χ2n) is 10.5. The van der Waals surface area contributed by atoms with Crippen LogP contribution >= 0.6 is 0 Å². The third kappa shape index (κ3) is 6.32. The topological polar surface area (TPSA) is 57.2 Å². The zero-order valence-corrected chi connectivity index (χ0v) is 20.4. The highest BCUT2D eigenvalue weighted by Gasteiger charge is 2.20. The minimum absolute atomic E-state index is 0.000421. The van der Waals surface area contributed by atoms with Crippen molar-refractivity contribution in [3.05, 3.63) is 47.5 Å². The predicted molar refractivity (Wildman–Crippen MR) is 127 cm³/mol. The lowest BCUT2D eigenvalue weighted by Gasteiger charge is -2.24. The number of benzene rings is 2. The van der Waals surface area contributed by atoms with Crippen molar-refractivity contribution in [1.29, 1.82) is 0 Å². The summed E-state index contributed by atoms with van der Waals surface area (Å²) < 4.78 is 24.3. The van der Waals surface area contributed by atoms with E-state index in [4.69, 9.17) is 18.9 Å². The summed E-state index contributed by atoms with van der Waals surface area (Å²) >= 11 is 0. The first-order valence-corrected chi connectivity index (χ1v) is 11.5. The molecule has 0 radical (unpaired) electrons. The molecule has 176 valence electrons. The van der Waals surface area contributed by atoms with E-state index in [0.717, 1.165) is 12.2 Å². The lowest BCUT2D eigenvalue weighted by atomic mass is 9.87. The van der Waals surface area contributed by atoms with Crippen LogP contribution in [0.5, 0.6) is 23.0 Å². The second-order valence-corrected chi connectivity index (χ2v) is 10.5. The quantitative estimate of drug-likeness (QED) is 0.631. The van der Waals surface area contributed by atoms with Crippen molar-refractivity contribution in [1.82, 2.24) is 0 Å². The van der Waals surface area contributed by atoms with Crippen LogP contribution in [0.25, 0.3) is 0 Å². The summed E-state index contributed by atoms with van der Waals surface area (Å²) in [5.74, 6) is 2.64. The van der Waals surface area contributed by atoms with E-state index in [2.05, 4.69) is 59.7 Å². The molecule has 1 unspecified atom stereocenters. The molecule has 0 amide bonds. The molecule has 0 aliphatic carbocycles. The molecule has 1 aliphatic rings. The third-order valence-electron chi connectivity index (χ3n) is 5.63. The van der Waals surface area contributed by atoms with Gasteiger partial charge in [-0.15, -0.1) is 0 Å². The molecule has 32 heavy (non-hydrogen) atoms. The molecule has 0 spiro atoms. The van der Waals surface area contributed by atoms with Crippen LogP contribution in [0.4, 0.5) is 0 Å². The Labute approximate surface area is 192 Å². The number of ether oxygens (including phenoxy) is 4. The molecule has 1 heterocycles. The van der Waals surface area contributed by atoms with Gasteiger partial charge in [0.25, 0.3) is 0 Å². The van der Waals surface area contributed by atoms with Crippen LogP contribution in [0.2, 0.25) is 0 Å². The molecule has 0 aromatic heterocycles. The number of rotatable bonds is 1. The molecular formula is C27H38O5. The molecule has 1 aliphatic heterocycles. The van der Waals surface area contributed by atoms with Crippen molar-refractivity contribution in [2.24, 2.45) is 5.92 Å². The second kappa shape index (κ2) is 10.0. The van der Waals surface area contributed by atoms with E-state index in [-0.39, 0.29) is 23.4 Å². The Morgan fingerprint density at radius 2 is 1.12 bits per heavy atom. The minimum atomic E-state index is -0.181. The van der Waals surface area contributed by atoms with E-state index in [0.29, 0.717) is 43.7 Å². The molecule has 0 saturated heterocycles. The van der Waals surface area contributed by atoms with E-state index in [1.165, 1.54) is 11.1 Å². The van der Waals surface area contributed by atoms with Gasteiger partial charge in [0.1, 0.15) is 0 Å². The van der Waals surface area contributed by atoms with Crippen LogP contribution in [0.1, 0.15) is 59.1 Å². The van der Waals surface area contributed by atoms with Crippen LogP contribution in [0.3, 0.4) is 0 Å². The van der Waals surface area contributed by atoms with Crippen molar-refractivity contribution in [3.63, 3.8) is 0 Å². The Kier molecular flexibility index (Phi) is 7.60. The maximum Gasteiger partial charge on any atom is 0.161 e. The van der Waals surface area contributed by atoms with Gasteiger partial charge in [0.15, 0.2) is 23.0 Å². The summed E-state index contributed by atoms with van der Waals surface area (Å²) in [5, 5.41) is 9.90. The lowest BCUT2D eigenvalue weighted by Crippen LogP contribution is -2.24. The monoisotopic (exact) mass is 442 g/mol. The van der Waals surface area contributed by atoms with Crippen molar-refractivity contribution in [3.8, 4) is 23.0 Å². The summed E-state index contributed by atoms with van der Waals surface area (Å²) in [5.41, 5.74) is 2.37. The molecule has 2 aromatic rings. The summed E-state index contributed by atoms with van der Waals surface area (Å²) in [6.07, 6.45) is 0.735. The Balaban J connectivity index is 1.83. The molecule has 0 fully saturated rings. The van der Waals surface area contributed by atoms with E-state index in [1.54, 1.807) is 0 Å². The van der Waals surface area contributed by atoms with Gasteiger partial charge < -0.3 is 24.1 Å². The number of hydrogen-bond acceptors (Lipinski definition) is 5. The van der Waals surface area contributed by atoms with Gasteiger partial charge >= 0.3 is 0 Å². The summed E-state index contributed by atoms with van der Waals surface area (Å²) in [4.78, 5) is 0. The van der Waals surface area contributed by atoms with Crippen molar-refractivity contribution in [2.45, 2.75) is 58.8 Å². The van der Waals surface area contributed by atoms with Gasteiger partial charge in [-0.1, -0.05) is 53.7 Å². The Morgan fingerprint density at radius 3 is 1.62 bits per heavy atom. The van der Waals surface area contributed by atoms with Gasteiger partial charge in [-0.25, -0.2) is 0 Å². The van der Waals surface area contributed by atoms with Gasteiger partial charge in [-0.3, -0.25) is 0 Å². The number of aliphatic hydroxyl groups excluding tert-OH is 1. The third-order valence-corrected chi connectivity index (χ3v) is 5.63. The molecule has 2 aromatic carbocycles. The van der Waals surface area contributed by atoms with Crippen molar-refractivity contribution < 1.29 is 24.1 Å². The van der Waals surface area contributed by atoms with Crippen LogP contribution in [0.15, 0.2) is 36.4 Å². The highest BCUT2D eigenvalue weighted by atomic mass is 16.5. The average Bonchev–Trinajstić information content (AvgIpc) is 2.72. The molecule has 1 N–H and O–H groups in total. The van der Waals surface area contributed by atoms with Crippen LogP contribution in [-0.4, -0.2) is 38.1 Å². The highest BCUT2D eigenvalue weighted by Crippen LogP contribution is 2.36. The fourth-order valence-electron chi connectivity index (χ4n) is 3.41. The largest absolute Gasteiger partial charge is 0.490 e. The van der Waals surface area contributed by atoms with Crippen molar-refractivity contribution in [2.75, 3.05) is 33.0 Å². The van der Waals surface area contributed by atoms with Crippen molar-refractivity contribution >= 4 is 0 Å². The van der Waals surface area contributed by atoms with Gasteiger partial charge in [0, 0.05) is 6.42 Å². The molecule has 0 saturated carbocycles. The molecule has 0 bridgehead atoms. The highest BCUT2D eigenvalue weighted by molar-refractivity contribution is 5.46. The van der Waals surface area contributed by atoms with Gasteiger partial charge in [-0.2, -0.15) is 0 Å². The maximum atomic E-state index is 9.90. The lowest BCUT2D eigenvalue weighted by molar-refractivity contribution is 0.109. The van der Waals surface area contributed by atoms with E-state index < -0.39 is 0 Å². The van der Waals surface area contributed by atoms with Gasteiger partial charge in [0.2, 0.25) is 0 Å². The molecule has 5 heteroatoms. The Morgan fingerprint density at radius 1 is 0.688 bits per heavy atom. The molecule has 3 rings (SSSR count). The fraction of sp³-hybridized carbons (Fsp3) is 0.556. The number of aliphatic hydroxyl groups is 1. The average molecular weight is 443 g/mol. The molecule has 1 atom stereocenters. The zero-order valence-electron chi connectivity index (χ0n) is 20.4. The number of hydrogen-bond donors (Lipinski definition) is 1. The standard InChI is InChI=1S/C27H38O5/c1-26(2,3)20-9-11-23-24(14-20)30-13-7-12-29-22-10-8-21(27(4,5)6)15-25(22)32-18-19(16-28)17-31-23/h8-11,14-15,19,28H,7,12-13,16-18H2,1-6H3. The first-order chi connectivity index (χ1) is 15.1. The van der Waals surface area contributed by atoms with Crippen LogP contribution < -0.4 is 18.9 Å². The first kappa shape index (κ1) is 24.2. The smallest absolute Gasteiger partial charge is 0.161 e. The Bertz CT molecular complexity index is 892. The Hall–Kier alpha value is -2.40. The summed E-state index contributed by atoms with van der Waals surface area (Å²) in [7, 11) is 0. The van der Waals surface area contributed by atoms with E-state index >= 15 is 0 Å². The maximum absolute atomic E-state index is 9.90. The van der Waals surface area contributed by atoms with Crippen LogP contribution in [0, 0.1) is 5.92 Å². The minimum Gasteiger partial charge on any atom is -0.490 e. The number of fused-ring (bicyclic) bond motifs is 2. The van der Waals surface area contributed by atoms with Crippen LogP contribution in [-0.2, 0) is 10.8 Å². The molecular weight excluding hydrogens is 404 g/mol. The van der Waals surface area contributed by atoms with Gasteiger partial charge in [-0.05, 0) is 46.2 Å². The summed E-state index contributed by atoms with van der Waals surface area (Å²) in [6.45, 7) is 14.7. The fourth-order valence-corrected chi connectivity index (χ4v) is 3.41. The molecule has 5 nitrogen and oxygen atoms in total. The van der Waals surface area contributed by atoms with Gasteiger partial charge in [0.05, 0.1) is 39.0 Å². The normalized spacial score (nSPS) is 18.0. The first-order valence-electron chi connectivity index (χ1n) is 11.5. The zero-order chi connectivity index (χ0) is 23.4. The summed E-state index contributed by atoms with van der Waals surface area (Å²) in [6, 6.07) is 12.2. The van der Waals surface area contributed by atoms with E-state index in [1.807, 2.05) is 18.2 Å². The van der Waals surface area contributed by atoms with E-state index in [9.17, 15) is 5.11 Å².